The van der Waals surface area contributed by atoms with Gasteiger partial charge < -0.3 is 13.7 Å². The number of furan rings is 1. The van der Waals surface area contributed by atoms with Crippen LogP contribution in [0, 0.1) is 0 Å². The third-order valence-electron chi connectivity index (χ3n) is 9.46. The second-order valence-corrected chi connectivity index (χ2v) is 12.9. The molecule has 0 bridgehead atoms. The van der Waals surface area contributed by atoms with Gasteiger partial charge in [0.2, 0.25) is 0 Å². The normalized spacial score (nSPS) is 15.9. The van der Waals surface area contributed by atoms with Gasteiger partial charge in [0, 0.05) is 38.7 Å². The summed E-state index contributed by atoms with van der Waals surface area (Å²) in [6, 6.07) is 41.0. The highest BCUT2D eigenvalue weighted by Crippen LogP contribution is 2.39. The molecule has 46 heavy (non-hydrogen) atoms. The second-order valence-electron chi connectivity index (χ2n) is 12.9. The van der Waals surface area contributed by atoms with Crippen LogP contribution in [-0.2, 0) is 9.31 Å². The first-order valence-corrected chi connectivity index (χ1v) is 15.7. The van der Waals surface area contributed by atoms with E-state index in [-0.39, 0.29) is 0 Å². The molecule has 0 atom stereocenters. The number of nitrogens with zero attached hydrogens (tertiary/aromatic N) is 3. The van der Waals surface area contributed by atoms with Crippen molar-refractivity contribution in [3.8, 4) is 45.3 Å². The molecule has 7 heteroatoms. The molecule has 7 aromatic rings. The van der Waals surface area contributed by atoms with Crippen LogP contribution in [0.15, 0.2) is 126 Å². The Morgan fingerprint density at radius 2 is 1.09 bits per heavy atom. The van der Waals surface area contributed by atoms with Gasteiger partial charge in [0.05, 0.1) is 0 Å². The maximum absolute atomic E-state index is 6.47. The molecule has 6 nitrogen and oxygen atoms in total. The highest BCUT2D eigenvalue weighted by molar-refractivity contribution is 6.62. The van der Waals surface area contributed by atoms with E-state index in [0.29, 0.717) is 17.5 Å². The van der Waals surface area contributed by atoms with E-state index in [4.69, 9.17) is 28.7 Å². The van der Waals surface area contributed by atoms with Gasteiger partial charge in [0.25, 0.3) is 7.12 Å². The molecule has 8 rings (SSSR count). The van der Waals surface area contributed by atoms with Gasteiger partial charge in [-0.05, 0) is 57.0 Å². The molecule has 0 aliphatic carbocycles. The fraction of sp³-hybridized carbons (Fsp3) is 0.154. The average Bonchev–Trinajstić information content (AvgIpc) is 3.57. The standard InChI is InChI=1S/C39H33BN3O3/c1-38(2)39(3,4)46-40(45-38)29-21-22-32-31(24-29)34-30(19-12-20-33(34)44-32)37-42-35(26-15-9-6-10-16-26)41-36(43-37)28-18-11-17-27(23-28)25-13-7-5-8-14-25/h5-24,40H,1-4H3/q-1. The van der Waals surface area contributed by atoms with Crippen molar-refractivity contribution in [1.82, 2.24) is 15.0 Å². The Kier molecular flexibility index (Phi) is 6.64. The molecule has 5 aromatic carbocycles. The lowest BCUT2D eigenvalue weighted by Crippen LogP contribution is -2.41. The number of rotatable bonds is 5. The fourth-order valence-electron chi connectivity index (χ4n) is 6.25. The third kappa shape index (κ3) is 4.89. The number of hydrogen-bond donors (Lipinski definition) is 0. The van der Waals surface area contributed by atoms with E-state index in [0.717, 1.165) is 55.2 Å². The smallest absolute Gasteiger partial charge is 0.255 e. The van der Waals surface area contributed by atoms with E-state index in [1.165, 1.54) is 0 Å². The Hall–Kier alpha value is -5.11. The van der Waals surface area contributed by atoms with Crippen LogP contribution in [-0.4, -0.2) is 33.3 Å². The zero-order chi connectivity index (χ0) is 31.5. The predicted octanol–water partition coefficient (Wildman–Crippen LogP) is 8.47. The monoisotopic (exact) mass is 602 g/mol. The van der Waals surface area contributed by atoms with Gasteiger partial charge in [-0.25, -0.2) is 15.0 Å². The van der Waals surface area contributed by atoms with Crippen molar-refractivity contribution in [3.05, 3.63) is 121 Å². The number of fused-ring (bicyclic) bond motifs is 3. The van der Waals surface area contributed by atoms with Crippen molar-refractivity contribution in [2.24, 2.45) is 0 Å². The Morgan fingerprint density at radius 3 is 1.80 bits per heavy atom. The van der Waals surface area contributed by atoms with Crippen LogP contribution in [0.2, 0.25) is 0 Å². The number of aromatic nitrogens is 3. The van der Waals surface area contributed by atoms with Gasteiger partial charge in [0.1, 0.15) is 11.2 Å². The lowest BCUT2D eigenvalue weighted by atomic mass is 9.78. The molecule has 226 valence electrons. The Balaban J connectivity index is 1.31. The summed E-state index contributed by atoms with van der Waals surface area (Å²) >= 11 is 0. The molecule has 2 aromatic heterocycles. The minimum atomic E-state index is -1.49. The fourth-order valence-corrected chi connectivity index (χ4v) is 6.25. The van der Waals surface area contributed by atoms with E-state index in [1.807, 2.05) is 78.9 Å². The largest absolute Gasteiger partial charge is 0.560 e. The maximum Gasteiger partial charge on any atom is 0.255 e. The first-order chi connectivity index (χ1) is 22.3. The lowest BCUT2D eigenvalue weighted by molar-refractivity contribution is 0.00578. The number of benzene rings is 5. The molecule has 1 aliphatic heterocycles. The minimum absolute atomic E-state index is 0.404. The van der Waals surface area contributed by atoms with Crippen molar-refractivity contribution in [2.45, 2.75) is 38.9 Å². The van der Waals surface area contributed by atoms with Gasteiger partial charge >= 0.3 is 0 Å². The van der Waals surface area contributed by atoms with E-state index < -0.39 is 18.3 Å². The first-order valence-electron chi connectivity index (χ1n) is 15.7. The molecule has 0 amide bonds. The number of hydrogen-bond acceptors (Lipinski definition) is 6. The molecule has 0 unspecified atom stereocenters. The Bertz CT molecular complexity index is 2210. The van der Waals surface area contributed by atoms with Crippen LogP contribution in [0.25, 0.3) is 67.2 Å². The summed E-state index contributed by atoms with van der Waals surface area (Å²) in [5.41, 5.74) is 6.70. The zero-order valence-electron chi connectivity index (χ0n) is 26.3. The maximum atomic E-state index is 6.47. The zero-order valence-corrected chi connectivity index (χ0v) is 26.3. The topological polar surface area (TPSA) is 70.3 Å². The van der Waals surface area contributed by atoms with Gasteiger partial charge in [0.15, 0.2) is 17.5 Å². The lowest BCUT2D eigenvalue weighted by Gasteiger charge is -2.37. The molecule has 3 heterocycles. The van der Waals surface area contributed by atoms with E-state index in [1.54, 1.807) is 0 Å². The van der Waals surface area contributed by atoms with Crippen LogP contribution >= 0.6 is 0 Å². The molecule has 1 aliphatic rings. The van der Waals surface area contributed by atoms with Crippen molar-refractivity contribution in [3.63, 3.8) is 0 Å². The molecule has 0 radical (unpaired) electrons. The van der Waals surface area contributed by atoms with Crippen molar-refractivity contribution >= 4 is 34.5 Å². The molecule has 1 saturated heterocycles. The van der Waals surface area contributed by atoms with E-state index in [2.05, 4.69) is 70.2 Å². The molecule has 0 N–H and O–H groups in total. The highest BCUT2D eigenvalue weighted by atomic mass is 16.7. The summed E-state index contributed by atoms with van der Waals surface area (Å²) in [4.78, 5) is 15.1. The quantitative estimate of drug-likeness (QED) is 0.184. The van der Waals surface area contributed by atoms with Gasteiger partial charge in [-0.3, -0.25) is 0 Å². The average molecular weight is 603 g/mol. The van der Waals surface area contributed by atoms with E-state index >= 15 is 0 Å². The van der Waals surface area contributed by atoms with Crippen LogP contribution in [0.1, 0.15) is 27.7 Å². The summed E-state index contributed by atoms with van der Waals surface area (Å²) in [5, 5.41) is 1.92. The van der Waals surface area contributed by atoms with Crippen LogP contribution < -0.4 is 5.46 Å². The summed E-state index contributed by atoms with van der Waals surface area (Å²) in [5.74, 6) is 1.79. The van der Waals surface area contributed by atoms with Crippen LogP contribution in [0.3, 0.4) is 0 Å². The summed E-state index contributed by atoms with van der Waals surface area (Å²) in [6.45, 7) is 8.34. The van der Waals surface area contributed by atoms with Crippen LogP contribution in [0.4, 0.5) is 0 Å². The van der Waals surface area contributed by atoms with Crippen molar-refractivity contribution in [2.75, 3.05) is 0 Å². The predicted molar refractivity (Wildman–Crippen MR) is 186 cm³/mol. The van der Waals surface area contributed by atoms with Crippen molar-refractivity contribution < 1.29 is 13.7 Å². The Morgan fingerprint density at radius 1 is 0.500 bits per heavy atom. The highest BCUT2D eigenvalue weighted by Gasteiger charge is 2.43. The van der Waals surface area contributed by atoms with Gasteiger partial charge in [-0.2, -0.15) is 5.46 Å². The second kappa shape index (κ2) is 10.8. The van der Waals surface area contributed by atoms with Gasteiger partial charge in [-0.1, -0.05) is 103 Å². The summed E-state index contributed by atoms with van der Waals surface area (Å²) in [7, 11) is -1.49. The minimum Gasteiger partial charge on any atom is -0.560 e. The molecule has 0 spiro atoms. The van der Waals surface area contributed by atoms with E-state index in [9.17, 15) is 0 Å². The van der Waals surface area contributed by atoms with Crippen molar-refractivity contribution in [1.29, 1.82) is 0 Å². The molecule has 0 saturated carbocycles. The third-order valence-corrected chi connectivity index (χ3v) is 9.46. The first kappa shape index (κ1) is 28.4. The molecular weight excluding hydrogens is 569 g/mol. The van der Waals surface area contributed by atoms with Crippen LogP contribution in [0.5, 0.6) is 0 Å². The summed E-state index contributed by atoms with van der Waals surface area (Å²) < 4.78 is 19.3. The summed E-state index contributed by atoms with van der Waals surface area (Å²) in [6.07, 6.45) is 0. The Labute approximate surface area is 268 Å². The SMILES string of the molecule is CC1(C)O[BH-](c2ccc3oc4cccc(-c5nc(-c6ccccc6)nc(-c6cccc(-c7ccccc7)c6)n5)c4c3c2)OC1(C)C. The molecule has 1 fully saturated rings. The van der Waals surface area contributed by atoms with Gasteiger partial charge in [-0.15, -0.1) is 0 Å². The molecular formula is C39H33BN3O3-.